The van der Waals surface area contributed by atoms with Crippen LogP contribution in [0.1, 0.15) is 53.9 Å². The monoisotopic (exact) mass is 177 g/mol. The molecule has 0 radical (unpaired) electrons. The van der Waals surface area contributed by atoms with Crippen molar-refractivity contribution < 1.29 is 5.48 Å². The molecule has 0 aromatic carbocycles. The molecule has 0 spiro atoms. The zero-order chi connectivity index (χ0) is 9.11. The SMILES string of the molecule is CC.CC.CC1CCCCN1.O. The maximum atomic E-state index is 3.38. The lowest BCUT2D eigenvalue weighted by atomic mass is 10.1. The Balaban J connectivity index is -0.000000144. The van der Waals surface area contributed by atoms with Crippen LogP contribution in [0.4, 0.5) is 0 Å². The molecule has 12 heavy (non-hydrogen) atoms. The highest BCUT2D eigenvalue weighted by molar-refractivity contribution is 4.65. The van der Waals surface area contributed by atoms with Gasteiger partial charge in [-0.25, -0.2) is 0 Å². The van der Waals surface area contributed by atoms with E-state index in [2.05, 4.69) is 12.2 Å². The molecule has 1 saturated heterocycles. The van der Waals surface area contributed by atoms with Crippen LogP contribution in [0.5, 0.6) is 0 Å². The maximum Gasteiger partial charge on any atom is 0.00387 e. The fourth-order valence-electron chi connectivity index (χ4n) is 1.03. The van der Waals surface area contributed by atoms with Gasteiger partial charge < -0.3 is 10.8 Å². The van der Waals surface area contributed by atoms with Gasteiger partial charge in [0.1, 0.15) is 0 Å². The molecule has 1 aliphatic rings. The summed E-state index contributed by atoms with van der Waals surface area (Å²) in [6, 6.07) is 0.786. The normalized spacial score (nSPS) is 20.2. The highest BCUT2D eigenvalue weighted by Gasteiger charge is 2.04. The third-order valence-electron chi connectivity index (χ3n) is 1.56. The Morgan fingerprint density at radius 3 is 1.67 bits per heavy atom. The van der Waals surface area contributed by atoms with E-state index in [0.29, 0.717) is 0 Å². The van der Waals surface area contributed by atoms with E-state index in [-0.39, 0.29) is 5.48 Å². The molecule has 78 valence electrons. The molecule has 0 aromatic heterocycles. The quantitative estimate of drug-likeness (QED) is 0.606. The third kappa shape index (κ3) is 12.6. The van der Waals surface area contributed by atoms with Crippen molar-refractivity contribution in [3.05, 3.63) is 0 Å². The van der Waals surface area contributed by atoms with E-state index in [1.165, 1.54) is 25.8 Å². The Bertz CT molecular complexity index is 51.8. The molecular formula is C10H27NO. The lowest BCUT2D eigenvalue weighted by Gasteiger charge is -2.18. The van der Waals surface area contributed by atoms with Crippen molar-refractivity contribution >= 4 is 0 Å². The fraction of sp³-hybridized carbons (Fsp3) is 1.00. The average molecular weight is 177 g/mol. The van der Waals surface area contributed by atoms with Crippen LogP contribution in [-0.4, -0.2) is 18.1 Å². The van der Waals surface area contributed by atoms with E-state index in [4.69, 9.17) is 0 Å². The predicted molar refractivity (Wildman–Crippen MR) is 57.6 cm³/mol. The molecule has 2 nitrogen and oxygen atoms in total. The molecule has 1 atom stereocenters. The second kappa shape index (κ2) is 17.1. The Morgan fingerprint density at radius 2 is 1.50 bits per heavy atom. The van der Waals surface area contributed by atoms with Gasteiger partial charge in [-0.15, -0.1) is 0 Å². The smallest absolute Gasteiger partial charge is 0.00387 e. The first-order valence-corrected chi connectivity index (χ1v) is 5.13. The topological polar surface area (TPSA) is 43.5 Å². The van der Waals surface area contributed by atoms with E-state index < -0.39 is 0 Å². The Kier molecular flexibility index (Phi) is 25.5. The summed E-state index contributed by atoms with van der Waals surface area (Å²) in [4.78, 5) is 0. The van der Waals surface area contributed by atoms with Crippen LogP contribution >= 0.6 is 0 Å². The fourth-order valence-corrected chi connectivity index (χ4v) is 1.03. The van der Waals surface area contributed by atoms with E-state index in [1.54, 1.807) is 0 Å². The first-order valence-electron chi connectivity index (χ1n) is 5.13. The number of piperidine rings is 1. The summed E-state index contributed by atoms with van der Waals surface area (Å²) < 4.78 is 0. The number of hydrogen-bond donors (Lipinski definition) is 1. The van der Waals surface area contributed by atoms with Crippen LogP contribution in [0.15, 0.2) is 0 Å². The molecule has 1 heterocycles. The first kappa shape index (κ1) is 17.9. The molecule has 1 unspecified atom stereocenters. The van der Waals surface area contributed by atoms with Gasteiger partial charge in [-0.3, -0.25) is 0 Å². The molecule has 0 amide bonds. The number of nitrogens with one attached hydrogen (secondary N) is 1. The largest absolute Gasteiger partial charge is 0.412 e. The van der Waals surface area contributed by atoms with Crippen LogP contribution in [0.3, 0.4) is 0 Å². The summed E-state index contributed by atoms with van der Waals surface area (Å²) in [6.45, 7) is 11.5. The van der Waals surface area contributed by atoms with E-state index in [0.717, 1.165) is 6.04 Å². The molecule has 2 heteroatoms. The van der Waals surface area contributed by atoms with Crippen LogP contribution in [0.25, 0.3) is 0 Å². The molecular weight excluding hydrogens is 150 g/mol. The summed E-state index contributed by atoms with van der Waals surface area (Å²) in [7, 11) is 0. The summed E-state index contributed by atoms with van der Waals surface area (Å²) in [5, 5.41) is 3.38. The molecule has 1 fully saturated rings. The van der Waals surface area contributed by atoms with Crippen molar-refractivity contribution in [2.24, 2.45) is 0 Å². The number of hydrogen-bond acceptors (Lipinski definition) is 1. The minimum absolute atomic E-state index is 0. The van der Waals surface area contributed by atoms with Crippen molar-refractivity contribution in [2.45, 2.75) is 59.9 Å². The molecule has 0 bridgehead atoms. The van der Waals surface area contributed by atoms with Gasteiger partial charge in [0, 0.05) is 6.04 Å². The molecule has 0 saturated carbocycles. The molecule has 0 aliphatic carbocycles. The number of rotatable bonds is 0. The van der Waals surface area contributed by atoms with Crippen LogP contribution in [0, 0.1) is 0 Å². The maximum absolute atomic E-state index is 3.38. The van der Waals surface area contributed by atoms with E-state index in [9.17, 15) is 0 Å². The summed E-state index contributed by atoms with van der Waals surface area (Å²) >= 11 is 0. The van der Waals surface area contributed by atoms with Crippen LogP contribution < -0.4 is 5.32 Å². The van der Waals surface area contributed by atoms with Crippen molar-refractivity contribution in [1.82, 2.24) is 5.32 Å². The van der Waals surface area contributed by atoms with Crippen LogP contribution in [0.2, 0.25) is 0 Å². The lowest BCUT2D eigenvalue weighted by molar-refractivity contribution is 0.425. The zero-order valence-electron chi connectivity index (χ0n) is 9.41. The molecule has 3 N–H and O–H groups in total. The van der Waals surface area contributed by atoms with Crippen molar-refractivity contribution in [1.29, 1.82) is 0 Å². The van der Waals surface area contributed by atoms with Gasteiger partial charge in [0.2, 0.25) is 0 Å². The zero-order valence-corrected chi connectivity index (χ0v) is 9.41. The first-order chi connectivity index (χ1) is 5.39. The summed E-state index contributed by atoms with van der Waals surface area (Å²) in [6.07, 6.45) is 4.18. The average Bonchev–Trinajstić information content (AvgIpc) is 2.13. The second-order valence-electron chi connectivity index (χ2n) is 2.35. The van der Waals surface area contributed by atoms with Gasteiger partial charge in [0.25, 0.3) is 0 Å². The predicted octanol–water partition coefficient (Wildman–Crippen LogP) is 2.38. The third-order valence-corrected chi connectivity index (χ3v) is 1.56. The van der Waals surface area contributed by atoms with E-state index >= 15 is 0 Å². The summed E-state index contributed by atoms with van der Waals surface area (Å²) in [5.74, 6) is 0. The Hall–Kier alpha value is -0.0800. The van der Waals surface area contributed by atoms with Gasteiger partial charge in [-0.1, -0.05) is 34.1 Å². The highest BCUT2D eigenvalue weighted by atomic mass is 16.0. The Morgan fingerprint density at radius 1 is 1.00 bits per heavy atom. The van der Waals surface area contributed by atoms with Gasteiger partial charge >= 0.3 is 0 Å². The highest BCUT2D eigenvalue weighted by Crippen LogP contribution is 2.04. The van der Waals surface area contributed by atoms with Crippen molar-refractivity contribution in [3.8, 4) is 0 Å². The van der Waals surface area contributed by atoms with Crippen molar-refractivity contribution in [3.63, 3.8) is 0 Å². The minimum Gasteiger partial charge on any atom is -0.412 e. The Labute approximate surface area is 78.1 Å². The molecule has 1 rings (SSSR count). The second-order valence-corrected chi connectivity index (χ2v) is 2.35. The van der Waals surface area contributed by atoms with Gasteiger partial charge in [0.15, 0.2) is 0 Å². The standard InChI is InChI=1S/C6H13N.2C2H6.H2O/c1-6-4-2-3-5-7-6;2*1-2;/h6-7H,2-5H2,1H3;2*1-2H3;1H2. The lowest BCUT2D eigenvalue weighted by Crippen LogP contribution is -2.30. The molecule has 1 aliphatic heterocycles. The van der Waals surface area contributed by atoms with Crippen molar-refractivity contribution in [2.75, 3.05) is 6.54 Å². The van der Waals surface area contributed by atoms with Crippen LogP contribution in [-0.2, 0) is 0 Å². The minimum atomic E-state index is 0. The summed E-state index contributed by atoms with van der Waals surface area (Å²) in [5.41, 5.74) is 0. The van der Waals surface area contributed by atoms with Gasteiger partial charge in [-0.2, -0.15) is 0 Å². The van der Waals surface area contributed by atoms with E-state index in [1.807, 2.05) is 27.7 Å². The van der Waals surface area contributed by atoms with Gasteiger partial charge in [0.05, 0.1) is 0 Å². The molecule has 0 aromatic rings. The van der Waals surface area contributed by atoms with Gasteiger partial charge in [-0.05, 0) is 26.3 Å².